The number of thioether (sulfide) groups is 1. The molecule has 0 unspecified atom stereocenters. The molecule has 0 saturated heterocycles. The summed E-state index contributed by atoms with van der Waals surface area (Å²) in [6.07, 6.45) is 0. The highest BCUT2D eigenvalue weighted by Crippen LogP contribution is 2.21. The molecule has 3 rings (SSSR count). The Morgan fingerprint density at radius 2 is 1.81 bits per heavy atom. The van der Waals surface area contributed by atoms with E-state index in [2.05, 4.69) is 24.0 Å². The van der Waals surface area contributed by atoms with Gasteiger partial charge in [-0.25, -0.2) is 4.39 Å². The third-order valence-corrected chi connectivity index (χ3v) is 4.67. The summed E-state index contributed by atoms with van der Waals surface area (Å²) < 4.78 is 24.0. The molecule has 0 aliphatic carbocycles. The van der Waals surface area contributed by atoms with Crippen LogP contribution in [0.4, 0.5) is 4.39 Å². The summed E-state index contributed by atoms with van der Waals surface area (Å²) in [5, 5.41) is 8.11. The molecular weight excluding hydrogens is 367 g/mol. The molecule has 0 fully saturated rings. The minimum atomic E-state index is -0.375. The summed E-state index contributed by atoms with van der Waals surface area (Å²) in [6.45, 7) is 4.42. The number of ketones is 1. The van der Waals surface area contributed by atoms with E-state index in [1.807, 2.05) is 24.3 Å². The van der Waals surface area contributed by atoms with E-state index in [9.17, 15) is 9.18 Å². The molecule has 0 saturated carbocycles. The Bertz CT molecular complexity index is 892. The number of aromatic nitrogens is 2. The molecule has 1 aromatic heterocycles. The lowest BCUT2D eigenvalue weighted by Crippen LogP contribution is -2.02. The SMILES string of the molecule is CC(C)c1ccc(OCc2nnc(SCC(=O)c3ccc(F)cc3)o2)cc1. The molecule has 0 aliphatic rings. The monoisotopic (exact) mass is 386 g/mol. The number of benzene rings is 2. The number of carbonyl (C=O) groups excluding carboxylic acids is 1. The maximum atomic E-state index is 12.9. The molecule has 0 atom stereocenters. The average molecular weight is 386 g/mol. The van der Waals surface area contributed by atoms with Gasteiger partial charge in [0.1, 0.15) is 11.6 Å². The van der Waals surface area contributed by atoms with Gasteiger partial charge in [-0.15, -0.1) is 10.2 Å². The fraction of sp³-hybridized carbons (Fsp3) is 0.250. The predicted octanol–water partition coefficient (Wildman–Crippen LogP) is 4.89. The molecule has 0 amide bonds. The number of nitrogens with zero attached hydrogens (tertiary/aromatic N) is 2. The molecule has 0 radical (unpaired) electrons. The van der Waals surface area contributed by atoms with Crippen molar-refractivity contribution < 1.29 is 18.3 Å². The van der Waals surface area contributed by atoms with Gasteiger partial charge in [-0.2, -0.15) is 0 Å². The summed E-state index contributed by atoms with van der Waals surface area (Å²) in [7, 11) is 0. The molecule has 140 valence electrons. The van der Waals surface area contributed by atoms with Crippen LogP contribution >= 0.6 is 11.8 Å². The molecule has 3 aromatic rings. The van der Waals surface area contributed by atoms with Crippen molar-refractivity contribution in [3.05, 3.63) is 71.4 Å². The van der Waals surface area contributed by atoms with Crippen molar-refractivity contribution in [2.75, 3.05) is 5.75 Å². The van der Waals surface area contributed by atoms with Crippen molar-refractivity contribution in [3.8, 4) is 5.75 Å². The van der Waals surface area contributed by atoms with E-state index < -0.39 is 0 Å². The van der Waals surface area contributed by atoms with Crippen molar-refractivity contribution in [2.24, 2.45) is 0 Å². The zero-order valence-electron chi connectivity index (χ0n) is 15.0. The highest BCUT2D eigenvalue weighted by Gasteiger charge is 2.12. The van der Waals surface area contributed by atoms with Gasteiger partial charge in [-0.05, 0) is 47.9 Å². The first-order valence-corrected chi connectivity index (χ1v) is 9.46. The molecule has 0 spiro atoms. The van der Waals surface area contributed by atoms with Gasteiger partial charge in [0.05, 0.1) is 5.75 Å². The van der Waals surface area contributed by atoms with Crippen molar-refractivity contribution in [1.82, 2.24) is 10.2 Å². The predicted molar refractivity (Wildman–Crippen MR) is 101 cm³/mol. The van der Waals surface area contributed by atoms with E-state index in [4.69, 9.17) is 9.15 Å². The number of ether oxygens (including phenoxy) is 1. The molecule has 2 aromatic carbocycles. The summed E-state index contributed by atoms with van der Waals surface area (Å²) in [5.41, 5.74) is 1.68. The van der Waals surface area contributed by atoms with E-state index in [0.29, 0.717) is 22.6 Å². The van der Waals surface area contributed by atoms with Gasteiger partial charge in [-0.3, -0.25) is 4.79 Å². The van der Waals surface area contributed by atoms with E-state index >= 15 is 0 Å². The van der Waals surface area contributed by atoms with Crippen molar-refractivity contribution in [3.63, 3.8) is 0 Å². The molecule has 0 N–H and O–H groups in total. The minimum Gasteiger partial charge on any atom is -0.484 e. The summed E-state index contributed by atoms with van der Waals surface area (Å²) in [4.78, 5) is 12.1. The van der Waals surface area contributed by atoms with Gasteiger partial charge in [0.2, 0.25) is 0 Å². The van der Waals surface area contributed by atoms with Gasteiger partial charge in [-0.1, -0.05) is 37.7 Å². The van der Waals surface area contributed by atoms with Crippen LogP contribution in [0.2, 0.25) is 0 Å². The van der Waals surface area contributed by atoms with Gasteiger partial charge in [0.15, 0.2) is 12.4 Å². The average Bonchev–Trinajstić information content (AvgIpc) is 3.13. The number of halogens is 1. The highest BCUT2D eigenvalue weighted by molar-refractivity contribution is 7.99. The van der Waals surface area contributed by atoms with Crippen LogP contribution in [0.3, 0.4) is 0 Å². The lowest BCUT2D eigenvalue weighted by atomic mass is 10.0. The lowest BCUT2D eigenvalue weighted by molar-refractivity contribution is 0.102. The summed E-state index contributed by atoms with van der Waals surface area (Å²) in [6, 6.07) is 13.3. The maximum Gasteiger partial charge on any atom is 0.277 e. The van der Waals surface area contributed by atoms with E-state index in [-0.39, 0.29) is 24.0 Å². The second-order valence-corrected chi connectivity index (χ2v) is 7.12. The fourth-order valence-corrected chi connectivity index (χ4v) is 2.97. The third-order valence-electron chi connectivity index (χ3n) is 3.85. The van der Waals surface area contributed by atoms with Crippen molar-refractivity contribution >= 4 is 17.5 Å². The Morgan fingerprint density at radius 1 is 1.11 bits per heavy atom. The fourth-order valence-electron chi connectivity index (χ4n) is 2.30. The van der Waals surface area contributed by atoms with Gasteiger partial charge < -0.3 is 9.15 Å². The first-order chi connectivity index (χ1) is 13.0. The highest BCUT2D eigenvalue weighted by atomic mass is 32.2. The second kappa shape index (κ2) is 8.81. The van der Waals surface area contributed by atoms with Gasteiger partial charge in [0, 0.05) is 5.56 Å². The van der Waals surface area contributed by atoms with E-state index in [0.717, 1.165) is 17.5 Å². The molecule has 0 aliphatic heterocycles. The van der Waals surface area contributed by atoms with Crippen LogP contribution in [-0.2, 0) is 6.61 Å². The Morgan fingerprint density at radius 3 is 2.48 bits per heavy atom. The number of carbonyl (C=O) groups is 1. The Kier molecular flexibility index (Phi) is 6.24. The van der Waals surface area contributed by atoms with Gasteiger partial charge in [0.25, 0.3) is 11.1 Å². The zero-order valence-corrected chi connectivity index (χ0v) is 15.8. The van der Waals surface area contributed by atoms with Crippen LogP contribution in [0.1, 0.15) is 41.6 Å². The smallest absolute Gasteiger partial charge is 0.277 e. The van der Waals surface area contributed by atoms with E-state index in [1.165, 1.54) is 29.8 Å². The lowest BCUT2D eigenvalue weighted by Gasteiger charge is -2.07. The normalized spacial score (nSPS) is 11.0. The van der Waals surface area contributed by atoms with Crippen LogP contribution in [-0.4, -0.2) is 21.7 Å². The standard InChI is InChI=1S/C20H19FN2O3S/c1-13(2)14-5-9-17(10-6-14)25-11-19-22-23-20(26-19)27-12-18(24)15-3-7-16(21)8-4-15/h3-10,13H,11-12H2,1-2H3. The second-order valence-electron chi connectivity index (χ2n) is 6.19. The number of hydrogen-bond donors (Lipinski definition) is 0. The largest absolute Gasteiger partial charge is 0.484 e. The Labute approximate surface area is 161 Å². The zero-order chi connectivity index (χ0) is 19.2. The topological polar surface area (TPSA) is 65.2 Å². The van der Waals surface area contributed by atoms with Crippen LogP contribution in [0.5, 0.6) is 5.75 Å². The maximum absolute atomic E-state index is 12.9. The third kappa shape index (κ3) is 5.40. The molecule has 27 heavy (non-hydrogen) atoms. The van der Waals surface area contributed by atoms with Crippen LogP contribution in [0, 0.1) is 5.82 Å². The van der Waals surface area contributed by atoms with Crippen molar-refractivity contribution in [1.29, 1.82) is 0 Å². The van der Waals surface area contributed by atoms with E-state index in [1.54, 1.807) is 0 Å². The molecule has 0 bridgehead atoms. The Balaban J connectivity index is 1.49. The first kappa shape index (κ1) is 19.1. The van der Waals surface area contributed by atoms with Crippen molar-refractivity contribution in [2.45, 2.75) is 31.6 Å². The van der Waals surface area contributed by atoms with Crippen LogP contribution in [0.25, 0.3) is 0 Å². The number of rotatable bonds is 8. The van der Waals surface area contributed by atoms with Crippen LogP contribution < -0.4 is 4.74 Å². The molecule has 7 heteroatoms. The molecular formula is C20H19FN2O3S. The minimum absolute atomic E-state index is 0.130. The van der Waals surface area contributed by atoms with Gasteiger partial charge >= 0.3 is 0 Å². The van der Waals surface area contributed by atoms with Crippen LogP contribution in [0.15, 0.2) is 58.2 Å². The molecule has 1 heterocycles. The summed E-state index contributed by atoms with van der Waals surface area (Å²) >= 11 is 1.14. The Hall–Kier alpha value is -2.67. The number of Topliss-reactive ketones (excluding diaryl/α,β-unsaturated/α-hetero) is 1. The first-order valence-electron chi connectivity index (χ1n) is 8.48. The number of hydrogen-bond acceptors (Lipinski definition) is 6. The summed E-state index contributed by atoms with van der Waals surface area (Å²) in [5.74, 6) is 1.14. The quantitative estimate of drug-likeness (QED) is 0.406. The molecule has 5 nitrogen and oxygen atoms in total.